The van der Waals surface area contributed by atoms with Crippen LogP contribution in [0.3, 0.4) is 0 Å². The van der Waals surface area contributed by atoms with E-state index in [4.69, 9.17) is 16.7 Å². The Labute approximate surface area is 102 Å². The molecule has 100 valence electrons. The molecule has 0 aliphatic carbocycles. The predicted octanol–water partition coefficient (Wildman–Crippen LogP) is 0.393. The first kappa shape index (κ1) is 15.7. The highest BCUT2D eigenvalue weighted by atomic mass is 16.4. The molecule has 0 radical (unpaired) electrons. The molecule has 0 aromatic carbocycles. The second-order valence-corrected chi connectivity index (χ2v) is 5.57. The van der Waals surface area contributed by atoms with Crippen molar-refractivity contribution in [2.24, 2.45) is 22.0 Å². The molecule has 0 aliphatic rings. The summed E-state index contributed by atoms with van der Waals surface area (Å²) in [4.78, 5) is 10.8. The van der Waals surface area contributed by atoms with Gasteiger partial charge in [0.2, 0.25) is 5.91 Å². The first-order chi connectivity index (χ1) is 7.60. The molecular weight excluding hydrogens is 220 g/mol. The van der Waals surface area contributed by atoms with E-state index in [0.29, 0.717) is 13.0 Å². The highest BCUT2D eigenvalue weighted by Gasteiger charge is 2.25. The van der Waals surface area contributed by atoms with Gasteiger partial charge in [-0.2, -0.15) is 0 Å². The number of carbonyl (C=O) groups is 1. The number of nitrogens with two attached hydrogens (primary N) is 2. The molecule has 0 unspecified atom stereocenters. The van der Waals surface area contributed by atoms with Crippen LogP contribution in [-0.4, -0.2) is 29.0 Å². The average molecular weight is 244 g/mol. The Balaban J connectivity index is 4.19. The molecule has 17 heavy (non-hydrogen) atoms. The van der Waals surface area contributed by atoms with Crippen LogP contribution in [0.4, 0.5) is 0 Å². The summed E-state index contributed by atoms with van der Waals surface area (Å²) in [6.45, 7) is 8.27. The van der Waals surface area contributed by atoms with Gasteiger partial charge in [0.1, 0.15) is 5.84 Å². The van der Waals surface area contributed by atoms with Crippen molar-refractivity contribution in [1.29, 1.82) is 0 Å². The second-order valence-electron chi connectivity index (χ2n) is 5.57. The van der Waals surface area contributed by atoms with Gasteiger partial charge in [0.15, 0.2) is 0 Å². The van der Waals surface area contributed by atoms with E-state index in [0.717, 1.165) is 0 Å². The third kappa shape index (κ3) is 6.11. The molecule has 0 fully saturated rings. The normalized spacial score (nSPS) is 13.8. The lowest BCUT2D eigenvalue weighted by Crippen LogP contribution is -2.45. The maximum Gasteiger partial charge on any atom is 0.219 e. The van der Waals surface area contributed by atoms with Crippen LogP contribution in [0.2, 0.25) is 0 Å². The molecule has 0 saturated carbocycles. The number of nitrogens with zero attached hydrogens (tertiary/aromatic N) is 1. The fourth-order valence-corrected chi connectivity index (χ4v) is 1.47. The van der Waals surface area contributed by atoms with Crippen molar-refractivity contribution < 1.29 is 10.0 Å². The number of nitrogens with one attached hydrogen (secondary N) is 1. The SMILES string of the molecule is CC(C)(CC(N)=O)NCCC(C)(C)C(N)=NO. The minimum atomic E-state index is -0.384. The lowest BCUT2D eigenvalue weighted by molar-refractivity contribution is -0.119. The third-order valence-corrected chi connectivity index (χ3v) is 2.77. The summed E-state index contributed by atoms with van der Waals surface area (Å²) < 4.78 is 0. The lowest BCUT2D eigenvalue weighted by atomic mass is 9.87. The minimum absolute atomic E-state index is 0.201. The van der Waals surface area contributed by atoms with Crippen molar-refractivity contribution in [1.82, 2.24) is 5.32 Å². The highest BCUT2D eigenvalue weighted by Crippen LogP contribution is 2.20. The minimum Gasteiger partial charge on any atom is -0.409 e. The summed E-state index contributed by atoms with van der Waals surface area (Å²) in [6.07, 6.45) is 0.974. The van der Waals surface area contributed by atoms with Gasteiger partial charge in [-0.05, 0) is 26.8 Å². The van der Waals surface area contributed by atoms with Crippen LogP contribution >= 0.6 is 0 Å². The van der Waals surface area contributed by atoms with Gasteiger partial charge < -0.3 is 22.0 Å². The van der Waals surface area contributed by atoms with E-state index in [-0.39, 0.29) is 29.1 Å². The van der Waals surface area contributed by atoms with E-state index >= 15 is 0 Å². The molecule has 6 nitrogen and oxygen atoms in total. The Morgan fingerprint density at radius 3 is 2.24 bits per heavy atom. The number of hydrogen-bond acceptors (Lipinski definition) is 4. The van der Waals surface area contributed by atoms with Crippen molar-refractivity contribution in [3.63, 3.8) is 0 Å². The van der Waals surface area contributed by atoms with Gasteiger partial charge in [0.05, 0.1) is 0 Å². The van der Waals surface area contributed by atoms with Gasteiger partial charge in [-0.25, -0.2) is 0 Å². The van der Waals surface area contributed by atoms with Crippen LogP contribution < -0.4 is 16.8 Å². The number of amides is 1. The monoisotopic (exact) mass is 244 g/mol. The van der Waals surface area contributed by atoms with Crippen molar-refractivity contribution in [2.75, 3.05) is 6.54 Å². The van der Waals surface area contributed by atoms with E-state index in [2.05, 4.69) is 10.5 Å². The van der Waals surface area contributed by atoms with E-state index < -0.39 is 0 Å². The predicted molar refractivity (Wildman–Crippen MR) is 67.7 cm³/mol. The molecular formula is C11H24N4O2. The molecule has 0 aliphatic heterocycles. The standard InChI is InChI=1S/C11H24N4O2/c1-10(2,9(13)15-17)5-6-14-11(3,4)7-8(12)16/h14,17H,5-7H2,1-4H3,(H2,12,16)(H2,13,15). The molecule has 0 saturated heterocycles. The maximum absolute atomic E-state index is 10.8. The fourth-order valence-electron chi connectivity index (χ4n) is 1.47. The number of primary amides is 1. The largest absolute Gasteiger partial charge is 0.409 e. The van der Waals surface area contributed by atoms with Crippen LogP contribution in [-0.2, 0) is 4.79 Å². The Bertz CT molecular complexity index is 298. The maximum atomic E-state index is 10.8. The molecule has 6 N–H and O–H groups in total. The van der Waals surface area contributed by atoms with Crippen molar-refractivity contribution in [3.8, 4) is 0 Å². The third-order valence-electron chi connectivity index (χ3n) is 2.77. The van der Waals surface area contributed by atoms with E-state index in [1.807, 2.05) is 27.7 Å². The van der Waals surface area contributed by atoms with Crippen LogP contribution in [0.25, 0.3) is 0 Å². The molecule has 0 bridgehead atoms. The van der Waals surface area contributed by atoms with Crippen LogP contribution in [0.5, 0.6) is 0 Å². The molecule has 6 heteroatoms. The quantitative estimate of drug-likeness (QED) is 0.224. The van der Waals surface area contributed by atoms with E-state index in [1.54, 1.807) is 0 Å². The van der Waals surface area contributed by atoms with Crippen LogP contribution in [0.15, 0.2) is 5.16 Å². The first-order valence-corrected chi connectivity index (χ1v) is 5.62. The molecule has 0 spiro atoms. The Kier molecular flexibility index (Phi) is 5.41. The Morgan fingerprint density at radius 1 is 1.29 bits per heavy atom. The van der Waals surface area contributed by atoms with Crippen molar-refractivity contribution >= 4 is 11.7 Å². The Morgan fingerprint density at radius 2 is 1.82 bits per heavy atom. The lowest BCUT2D eigenvalue weighted by Gasteiger charge is -2.28. The van der Waals surface area contributed by atoms with Gasteiger partial charge in [0.25, 0.3) is 0 Å². The number of oxime groups is 1. The smallest absolute Gasteiger partial charge is 0.219 e. The topological polar surface area (TPSA) is 114 Å². The van der Waals surface area contributed by atoms with Gasteiger partial charge in [0, 0.05) is 17.4 Å². The summed E-state index contributed by atoms with van der Waals surface area (Å²) in [5.74, 6) is -0.134. The zero-order chi connectivity index (χ0) is 13.7. The number of amidine groups is 1. The van der Waals surface area contributed by atoms with Crippen molar-refractivity contribution in [3.05, 3.63) is 0 Å². The summed E-state index contributed by atoms with van der Waals surface area (Å²) in [5.41, 5.74) is 10.0. The summed E-state index contributed by atoms with van der Waals surface area (Å²) in [7, 11) is 0. The molecule has 0 aromatic heterocycles. The van der Waals surface area contributed by atoms with Gasteiger partial charge in [-0.15, -0.1) is 0 Å². The van der Waals surface area contributed by atoms with Crippen LogP contribution in [0, 0.1) is 5.41 Å². The van der Waals surface area contributed by atoms with Gasteiger partial charge in [-0.1, -0.05) is 19.0 Å². The molecule has 0 rings (SSSR count). The van der Waals surface area contributed by atoms with Gasteiger partial charge >= 0.3 is 0 Å². The molecule has 1 amide bonds. The summed E-state index contributed by atoms with van der Waals surface area (Å²) in [6, 6.07) is 0. The first-order valence-electron chi connectivity index (χ1n) is 5.62. The number of rotatable bonds is 7. The fraction of sp³-hybridized carbons (Fsp3) is 0.818. The second kappa shape index (κ2) is 5.86. The van der Waals surface area contributed by atoms with Crippen molar-refractivity contribution in [2.45, 2.75) is 46.1 Å². The van der Waals surface area contributed by atoms with E-state index in [1.165, 1.54) is 0 Å². The van der Waals surface area contributed by atoms with Gasteiger partial charge in [-0.3, -0.25) is 4.79 Å². The number of carbonyl (C=O) groups excluding carboxylic acids is 1. The molecule has 0 aromatic rings. The summed E-state index contributed by atoms with van der Waals surface area (Å²) in [5, 5.41) is 14.9. The summed E-state index contributed by atoms with van der Waals surface area (Å²) >= 11 is 0. The van der Waals surface area contributed by atoms with Crippen LogP contribution in [0.1, 0.15) is 40.5 Å². The zero-order valence-electron chi connectivity index (χ0n) is 11.1. The molecule has 0 heterocycles. The van der Waals surface area contributed by atoms with E-state index in [9.17, 15) is 4.79 Å². The number of hydrogen-bond donors (Lipinski definition) is 4. The zero-order valence-corrected chi connectivity index (χ0v) is 11.1. The average Bonchev–Trinajstić information content (AvgIpc) is 2.13. The molecule has 0 atom stereocenters. The Hall–Kier alpha value is -1.30. The highest BCUT2D eigenvalue weighted by molar-refractivity contribution is 5.85.